The summed E-state index contributed by atoms with van der Waals surface area (Å²) in [5, 5.41) is 18.5. The highest BCUT2D eigenvalue weighted by molar-refractivity contribution is 8.76. The Kier molecular flexibility index (Phi) is 5.22. The average molecular weight is 217 g/mol. The van der Waals surface area contributed by atoms with Gasteiger partial charge in [-0.1, -0.05) is 16.9 Å². The molecule has 0 aliphatic carbocycles. The summed E-state index contributed by atoms with van der Waals surface area (Å²) >= 11 is 0. The molecule has 0 fully saturated rings. The summed E-state index contributed by atoms with van der Waals surface area (Å²) in [6.07, 6.45) is 1.09. The summed E-state index contributed by atoms with van der Waals surface area (Å²) in [6.45, 7) is -0.185. The van der Waals surface area contributed by atoms with E-state index in [1.807, 2.05) is 18.2 Å². The lowest BCUT2D eigenvalue weighted by molar-refractivity contribution is 0.114. The maximum absolute atomic E-state index is 9.03. The van der Waals surface area contributed by atoms with Crippen LogP contribution >= 0.6 is 21.6 Å². The Morgan fingerprint density at radius 3 is 2.92 bits per heavy atom. The van der Waals surface area contributed by atoms with Gasteiger partial charge >= 0.3 is 0 Å². The van der Waals surface area contributed by atoms with Gasteiger partial charge in [-0.2, -0.15) is 0 Å². The molecule has 13 heavy (non-hydrogen) atoms. The van der Waals surface area contributed by atoms with Gasteiger partial charge in [-0.3, -0.25) is 0 Å². The number of aliphatic hydroxyl groups is 2. The number of pyridine rings is 1. The number of aromatic nitrogens is 1. The molecular formula is C8H11NO2S2. The number of rotatable bonds is 5. The lowest BCUT2D eigenvalue weighted by atomic mass is 10.4. The predicted molar refractivity (Wildman–Crippen MR) is 55.6 cm³/mol. The molecule has 5 heteroatoms. The normalized spacial score (nSPS) is 12.8. The molecule has 0 amide bonds. The minimum absolute atomic E-state index is 0.185. The third-order valence-electron chi connectivity index (χ3n) is 1.25. The van der Waals surface area contributed by atoms with Crippen molar-refractivity contribution in [2.45, 2.75) is 11.1 Å². The molecule has 0 bridgehead atoms. The number of hydrogen-bond donors (Lipinski definition) is 2. The van der Waals surface area contributed by atoms with Crippen LogP contribution in [0.1, 0.15) is 0 Å². The molecule has 2 N–H and O–H groups in total. The van der Waals surface area contributed by atoms with Crippen LogP contribution in [0.25, 0.3) is 0 Å². The number of hydrogen-bond acceptors (Lipinski definition) is 5. The van der Waals surface area contributed by atoms with Gasteiger partial charge in [-0.25, -0.2) is 4.98 Å². The molecule has 0 aliphatic heterocycles. The van der Waals surface area contributed by atoms with Gasteiger partial charge in [-0.15, -0.1) is 0 Å². The van der Waals surface area contributed by atoms with Gasteiger partial charge in [0.2, 0.25) is 0 Å². The third kappa shape index (κ3) is 4.52. The van der Waals surface area contributed by atoms with Crippen molar-refractivity contribution in [2.24, 2.45) is 0 Å². The molecule has 72 valence electrons. The Hall–Kier alpha value is -0.230. The van der Waals surface area contributed by atoms with Gasteiger partial charge in [0.05, 0.1) is 12.7 Å². The zero-order valence-electron chi connectivity index (χ0n) is 6.96. The van der Waals surface area contributed by atoms with E-state index in [0.29, 0.717) is 5.75 Å². The fourth-order valence-corrected chi connectivity index (χ4v) is 2.64. The first kappa shape index (κ1) is 10.8. The van der Waals surface area contributed by atoms with Gasteiger partial charge in [-0.05, 0) is 22.9 Å². The Morgan fingerprint density at radius 1 is 1.46 bits per heavy atom. The van der Waals surface area contributed by atoms with Crippen molar-refractivity contribution in [1.29, 1.82) is 0 Å². The monoisotopic (exact) mass is 217 g/mol. The standard InChI is InChI=1S/C8H11NO2S2/c10-5-7(11)6-12-13-8-3-1-2-4-9-8/h1-4,7,10-11H,5-6H2. The van der Waals surface area contributed by atoms with Crippen molar-refractivity contribution in [3.8, 4) is 0 Å². The molecular weight excluding hydrogens is 206 g/mol. The molecule has 1 aromatic rings. The quantitative estimate of drug-likeness (QED) is 0.725. The average Bonchev–Trinajstić information content (AvgIpc) is 2.19. The first-order chi connectivity index (χ1) is 6.33. The van der Waals surface area contributed by atoms with Crippen LogP contribution in [0.2, 0.25) is 0 Å². The van der Waals surface area contributed by atoms with E-state index >= 15 is 0 Å². The molecule has 0 saturated carbocycles. The Morgan fingerprint density at radius 2 is 2.31 bits per heavy atom. The van der Waals surface area contributed by atoms with E-state index in [4.69, 9.17) is 10.2 Å². The van der Waals surface area contributed by atoms with Gasteiger partial charge in [0, 0.05) is 11.9 Å². The van der Waals surface area contributed by atoms with Crippen molar-refractivity contribution >= 4 is 21.6 Å². The minimum Gasteiger partial charge on any atom is -0.394 e. The topological polar surface area (TPSA) is 53.4 Å². The first-order valence-electron chi connectivity index (χ1n) is 3.82. The number of nitrogens with zero attached hydrogens (tertiary/aromatic N) is 1. The fourth-order valence-electron chi connectivity index (χ4n) is 0.622. The fraction of sp³-hybridized carbons (Fsp3) is 0.375. The summed E-state index contributed by atoms with van der Waals surface area (Å²) in [7, 11) is 2.98. The van der Waals surface area contributed by atoms with Gasteiger partial charge in [0.15, 0.2) is 0 Å². The molecule has 1 unspecified atom stereocenters. The summed E-state index contributed by atoms with van der Waals surface area (Å²) in [5.74, 6) is 0.512. The minimum atomic E-state index is -0.638. The molecule has 1 atom stereocenters. The van der Waals surface area contributed by atoms with Gasteiger partial charge < -0.3 is 10.2 Å². The van der Waals surface area contributed by atoms with E-state index in [0.717, 1.165) is 5.03 Å². The Bertz CT molecular complexity index is 233. The highest BCUT2D eigenvalue weighted by Gasteiger charge is 2.02. The van der Waals surface area contributed by atoms with Crippen LogP contribution in [0.4, 0.5) is 0 Å². The van der Waals surface area contributed by atoms with Crippen LogP contribution in [-0.4, -0.2) is 33.7 Å². The van der Waals surface area contributed by atoms with E-state index < -0.39 is 6.10 Å². The molecule has 0 spiro atoms. The molecule has 0 radical (unpaired) electrons. The van der Waals surface area contributed by atoms with Crippen molar-refractivity contribution in [3.05, 3.63) is 24.4 Å². The Labute approximate surface area is 85.0 Å². The van der Waals surface area contributed by atoms with E-state index in [2.05, 4.69) is 4.98 Å². The van der Waals surface area contributed by atoms with Gasteiger partial charge in [0.25, 0.3) is 0 Å². The van der Waals surface area contributed by atoms with Crippen LogP contribution in [-0.2, 0) is 0 Å². The summed E-state index contributed by atoms with van der Waals surface area (Å²) < 4.78 is 0. The molecule has 1 heterocycles. The summed E-state index contributed by atoms with van der Waals surface area (Å²) in [6, 6.07) is 5.68. The molecule has 1 aromatic heterocycles. The van der Waals surface area contributed by atoms with E-state index in [1.165, 1.54) is 21.6 Å². The maximum Gasteiger partial charge on any atom is 0.106 e. The van der Waals surface area contributed by atoms with Crippen LogP contribution in [0, 0.1) is 0 Å². The largest absolute Gasteiger partial charge is 0.394 e. The zero-order chi connectivity index (χ0) is 9.52. The van der Waals surface area contributed by atoms with Crippen molar-refractivity contribution in [2.75, 3.05) is 12.4 Å². The van der Waals surface area contributed by atoms with Crippen molar-refractivity contribution < 1.29 is 10.2 Å². The second-order valence-corrected chi connectivity index (χ2v) is 4.73. The highest BCUT2D eigenvalue weighted by Crippen LogP contribution is 2.29. The predicted octanol–water partition coefficient (Wildman–Crippen LogP) is 1.18. The smallest absolute Gasteiger partial charge is 0.106 e. The summed E-state index contributed by atoms with van der Waals surface area (Å²) in [5.41, 5.74) is 0. The molecule has 0 aromatic carbocycles. The first-order valence-corrected chi connectivity index (χ1v) is 6.14. The SMILES string of the molecule is OCC(O)CSSc1ccccn1. The van der Waals surface area contributed by atoms with Crippen LogP contribution < -0.4 is 0 Å². The molecule has 3 nitrogen and oxygen atoms in total. The Balaban J connectivity index is 2.20. The maximum atomic E-state index is 9.03. The number of aliphatic hydroxyl groups excluding tert-OH is 2. The molecule has 0 aliphatic rings. The highest BCUT2D eigenvalue weighted by atomic mass is 33.1. The van der Waals surface area contributed by atoms with E-state index in [-0.39, 0.29) is 6.61 Å². The van der Waals surface area contributed by atoms with Crippen LogP contribution in [0.15, 0.2) is 29.4 Å². The van der Waals surface area contributed by atoms with Crippen LogP contribution in [0.3, 0.4) is 0 Å². The van der Waals surface area contributed by atoms with Gasteiger partial charge in [0.1, 0.15) is 5.03 Å². The lowest BCUT2D eigenvalue weighted by Gasteiger charge is -2.04. The van der Waals surface area contributed by atoms with Crippen molar-refractivity contribution in [1.82, 2.24) is 4.98 Å². The van der Waals surface area contributed by atoms with Crippen molar-refractivity contribution in [3.63, 3.8) is 0 Å². The molecule has 1 rings (SSSR count). The second-order valence-electron chi connectivity index (χ2n) is 2.37. The second kappa shape index (κ2) is 6.26. The summed E-state index contributed by atoms with van der Waals surface area (Å²) in [4.78, 5) is 4.10. The van der Waals surface area contributed by atoms with Crippen LogP contribution in [0.5, 0.6) is 0 Å². The van der Waals surface area contributed by atoms with E-state index in [1.54, 1.807) is 6.20 Å². The molecule has 0 saturated heterocycles. The zero-order valence-corrected chi connectivity index (χ0v) is 8.59. The van der Waals surface area contributed by atoms with E-state index in [9.17, 15) is 0 Å². The lowest BCUT2D eigenvalue weighted by Crippen LogP contribution is -2.13. The third-order valence-corrected chi connectivity index (χ3v) is 3.58.